The summed E-state index contributed by atoms with van der Waals surface area (Å²) in [6, 6.07) is 2.09. The van der Waals surface area contributed by atoms with Gasteiger partial charge in [0, 0.05) is 23.4 Å². The number of allylic oxidation sites excluding steroid dienone is 2. The van der Waals surface area contributed by atoms with E-state index in [4.69, 9.17) is 9.84 Å². The molecule has 1 atom stereocenters. The highest BCUT2D eigenvalue weighted by molar-refractivity contribution is 5.94. The van der Waals surface area contributed by atoms with Gasteiger partial charge in [0.1, 0.15) is 0 Å². The van der Waals surface area contributed by atoms with Crippen molar-refractivity contribution in [2.24, 2.45) is 0 Å². The van der Waals surface area contributed by atoms with Gasteiger partial charge in [-0.25, -0.2) is 9.78 Å². The smallest absolute Gasteiger partial charge is 0.357 e. The van der Waals surface area contributed by atoms with Crippen molar-refractivity contribution in [3.63, 3.8) is 0 Å². The molecule has 1 N–H and O–H groups in total. The number of hydrogen-bond donors (Lipinski definition) is 1. The van der Waals surface area contributed by atoms with Crippen molar-refractivity contribution in [3.05, 3.63) is 34.3 Å². The van der Waals surface area contributed by atoms with Gasteiger partial charge in [0.25, 0.3) is 0 Å². The molecule has 3 rings (SSSR count). The Labute approximate surface area is 152 Å². The van der Waals surface area contributed by atoms with E-state index >= 15 is 0 Å². The van der Waals surface area contributed by atoms with E-state index in [1.807, 2.05) is 26.8 Å². The molecule has 0 aromatic carbocycles. The SMILES string of the molecule is CCOC(=O)c1nc2cc3n(c(C)c-2c1C)C(C)C(CCC(=O)O)=C3C. The van der Waals surface area contributed by atoms with Gasteiger partial charge in [0.05, 0.1) is 18.3 Å². The normalized spacial score (nSPS) is 16.3. The van der Waals surface area contributed by atoms with Crippen molar-refractivity contribution in [1.29, 1.82) is 0 Å². The third-order valence-electron chi connectivity index (χ3n) is 5.31. The second-order valence-electron chi connectivity index (χ2n) is 6.77. The van der Waals surface area contributed by atoms with E-state index in [9.17, 15) is 9.59 Å². The van der Waals surface area contributed by atoms with Crippen molar-refractivity contribution < 1.29 is 19.4 Å². The van der Waals surface area contributed by atoms with Gasteiger partial charge in [0.15, 0.2) is 5.69 Å². The molecule has 0 saturated heterocycles. The lowest BCUT2D eigenvalue weighted by Crippen LogP contribution is -2.11. The molecule has 0 amide bonds. The summed E-state index contributed by atoms with van der Waals surface area (Å²) in [6.07, 6.45) is 0.662. The van der Waals surface area contributed by atoms with Crippen LogP contribution in [0.5, 0.6) is 0 Å². The van der Waals surface area contributed by atoms with Crippen LogP contribution >= 0.6 is 0 Å². The average molecular weight is 356 g/mol. The van der Waals surface area contributed by atoms with Crippen LogP contribution in [0.1, 0.15) is 67.1 Å². The summed E-state index contributed by atoms with van der Waals surface area (Å²) in [7, 11) is 0. The fourth-order valence-corrected chi connectivity index (χ4v) is 4.09. The number of rotatable bonds is 5. The lowest BCUT2D eigenvalue weighted by Gasteiger charge is -2.20. The third-order valence-corrected chi connectivity index (χ3v) is 5.31. The molecule has 0 spiro atoms. The number of nitrogens with zero attached hydrogens (tertiary/aromatic N) is 2. The van der Waals surface area contributed by atoms with Crippen molar-refractivity contribution in [2.75, 3.05) is 6.61 Å². The monoisotopic (exact) mass is 356 g/mol. The van der Waals surface area contributed by atoms with Crippen molar-refractivity contribution >= 4 is 17.5 Å². The first-order valence-corrected chi connectivity index (χ1v) is 8.88. The predicted octanol–water partition coefficient (Wildman–Crippen LogP) is 3.99. The molecule has 3 heterocycles. The molecular weight excluding hydrogens is 332 g/mol. The number of carboxylic acid groups (broad SMARTS) is 1. The lowest BCUT2D eigenvalue weighted by molar-refractivity contribution is -0.136. The molecule has 0 bridgehead atoms. The molecule has 26 heavy (non-hydrogen) atoms. The van der Waals surface area contributed by atoms with Crippen LogP contribution in [0.25, 0.3) is 16.8 Å². The number of aromatic nitrogens is 2. The standard InChI is InChI=1S/C20H24N2O4/c1-6-26-20(25)19-11(3)18-13(5)22-12(4)14(7-8-17(23)24)10(2)16(22)9-15(18)21-19/h9,12H,6-8H2,1-5H3,(H,23,24). The van der Waals surface area contributed by atoms with Crippen LogP contribution in [-0.4, -0.2) is 33.2 Å². The number of carboxylic acids is 1. The Morgan fingerprint density at radius 2 is 2.00 bits per heavy atom. The quantitative estimate of drug-likeness (QED) is 0.819. The summed E-state index contributed by atoms with van der Waals surface area (Å²) < 4.78 is 7.34. The molecule has 6 nitrogen and oxygen atoms in total. The molecule has 0 saturated carbocycles. The number of pyridine rings is 1. The van der Waals surface area contributed by atoms with Crippen LogP contribution in [0.3, 0.4) is 0 Å². The zero-order valence-corrected chi connectivity index (χ0v) is 15.8. The Morgan fingerprint density at radius 3 is 2.62 bits per heavy atom. The minimum absolute atomic E-state index is 0.0918. The summed E-state index contributed by atoms with van der Waals surface area (Å²) in [6.45, 7) is 10.1. The van der Waals surface area contributed by atoms with Crippen LogP contribution in [0.2, 0.25) is 0 Å². The van der Waals surface area contributed by atoms with Crippen molar-refractivity contribution in [3.8, 4) is 11.3 Å². The first-order chi connectivity index (χ1) is 12.3. The van der Waals surface area contributed by atoms with Gasteiger partial charge in [-0.2, -0.15) is 0 Å². The predicted molar refractivity (Wildman–Crippen MR) is 98.5 cm³/mol. The van der Waals surface area contributed by atoms with Crippen molar-refractivity contribution in [1.82, 2.24) is 9.55 Å². The van der Waals surface area contributed by atoms with Gasteiger partial charge in [-0.15, -0.1) is 0 Å². The second-order valence-corrected chi connectivity index (χ2v) is 6.77. The summed E-state index contributed by atoms with van der Waals surface area (Å²) in [5.41, 5.74) is 7.26. The summed E-state index contributed by atoms with van der Waals surface area (Å²) >= 11 is 0. The molecule has 1 unspecified atom stereocenters. The average Bonchev–Trinajstić information content (AvgIpc) is 3.02. The fourth-order valence-electron chi connectivity index (χ4n) is 4.09. The van der Waals surface area contributed by atoms with E-state index in [0.29, 0.717) is 18.7 Å². The first kappa shape index (κ1) is 18.2. The van der Waals surface area contributed by atoms with Crippen molar-refractivity contribution in [2.45, 2.75) is 53.5 Å². The maximum atomic E-state index is 12.2. The first-order valence-electron chi connectivity index (χ1n) is 8.88. The lowest BCUT2D eigenvalue weighted by atomic mass is 10.00. The van der Waals surface area contributed by atoms with E-state index < -0.39 is 11.9 Å². The zero-order chi connectivity index (χ0) is 19.2. The van der Waals surface area contributed by atoms with Gasteiger partial charge in [-0.1, -0.05) is 0 Å². The maximum Gasteiger partial charge on any atom is 0.357 e. The van der Waals surface area contributed by atoms with Crippen LogP contribution in [0, 0.1) is 13.8 Å². The summed E-state index contributed by atoms with van der Waals surface area (Å²) in [5.74, 6) is -1.18. The number of fused-ring (bicyclic) bond motifs is 2. The number of carbonyl (C=O) groups is 2. The Hall–Kier alpha value is -2.63. The minimum atomic E-state index is -0.787. The molecule has 6 heteroatoms. The van der Waals surface area contributed by atoms with Crippen LogP contribution < -0.4 is 0 Å². The van der Waals surface area contributed by atoms with E-state index in [0.717, 1.165) is 39.4 Å². The Balaban J connectivity index is 2.13. The Bertz CT molecular complexity index is 907. The molecule has 0 radical (unpaired) electrons. The number of hydrogen-bond acceptors (Lipinski definition) is 4. The highest BCUT2D eigenvalue weighted by Crippen LogP contribution is 2.44. The van der Waals surface area contributed by atoms with Crippen LogP contribution in [0.15, 0.2) is 11.6 Å². The Kier molecular flexibility index (Phi) is 4.61. The van der Waals surface area contributed by atoms with Gasteiger partial charge >= 0.3 is 11.9 Å². The van der Waals surface area contributed by atoms with Crippen LogP contribution in [0.4, 0.5) is 0 Å². The minimum Gasteiger partial charge on any atom is -0.481 e. The zero-order valence-electron chi connectivity index (χ0n) is 15.8. The van der Waals surface area contributed by atoms with Gasteiger partial charge in [0.2, 0.25) is 0 Å². The molecule has 3 aliphatic rings. The third kappa shape index (κ3) is 2.69. The van der Waals surface area contributed by atoms with E-state index in [1.54, 1.807) is 6.92 Å². The van der Waals surface area contributed by atoms with E-state index in [1.165, 1.54) is 0 Å². The van der Waals surface area contributed by atoms with Gasteiger partial charge in [-0.3, -0.25) is 4.79 Å². The Morgan fingerprint density at radius 1 is 1.31 bits per heavy atom. The molecule has 3 aliphatic heterocycles. The highest BCUT2D eigenvalue weighted by atomic mass is 16.5. The highest BCUT2D eigenvalue weighted by Gasteiger charge is 2.31. The molecule has 0 aliphatic carbocycles. The second kappa shape index (κ2) is 6.59. The largest absolute Gasteiger partial charge is 0.481 e. The molecule has 0 fully saturated rings. The van der Waals surface area contributed by atoms with E-state index in [2.05, 4.69) is 16.5 Å². The number of esters is 1. The summed E-state index contributed by atoms with van der Waals surface area (Å²) in [5, 5.41) is 9.02. The summed E-state index contributed by atoms with van der Waals surface area (Å²) in [4.78, 5) is 27.7. The molecule has 138 valence electrons. The number of carbonyl (C=O) groups excluding carboxylic acids is 1. The topological polar surface area (TPSA) is 81.4 Å². The van der Waals surface area contributed by atoms with Gasteiger partial charge in [-0.05, 0) is 63.8 Å². The van der Waals surface area contributed by atoms with E-state index in [-0.39, 0.29) is 12.5 Å². The van der Waals surface area contributed by atoms with Crippen LogP contribution in [-0.2, 0) is 9.53 Å². The van der Waals surface area contributed by atoms with Gasteiger partial charge < -0.3 is 14.4 Å². The fraction of sp³-hybridized carbons (Fsp3) is 0.450. The maximum absolute atomic E-state index is 12.2. The number of ether oxygens (including phenoxy) is 1. The number of aliphatic carboxylic acids is 1. The molecule has 0 aromatic rings. The molecular formula is C20H24N2O4. The molecule has 0 aromatic heterocycles.